The van der Waals surface area contributed by atoms with Crippen LogP contribution in [0.2, 0.25) is 0 Å². The third-order valence-corrected chi connectivity index (χ3v) is 5.09. The Morgan fingerprint density at radius 3 is 2.12 bits per heavy atom. The minimum Gasteiger partial charge on any atom is -0.502 e. The first kappa shape index (κ1) is 20.8. The van der Waals surface area contributed by atoms with Gasteiger partial charge in [-0.25, -0.2) is 0 Å². The Morgan fingerprint density at radius 2 is 1.72 bits per heavy atom. The Labute approximate surface area is 147 Å². The van der Waals surface area contributed by atoms with E-state index in [1.807, 2.05) is 6.07 Å². The molecule has 0 atom stereocenters. The minimum atomic E-state index is -3.63. The number of allylic oxidation sites excluding steroid dienone is 3. The number of phenols is 1. The lowest BCUT2D eigenvalue weighted by Gasteiger charge is -2.15. The van der Waals surface area contributed by atoms with Gasteiger partial charge in [0.2, 0.25) is 5.75 Å². The van der Waals surface area contributed by atoms with Crippen LogP contribution in [0.25, 0.3) is 6.08 Å². The van der Waals surface area contributed by atoms with E-state index in [0.29, 0.717) is 5.56 Å². The van der Waals surface area contributed by atoms with Crippen molar-refractivity contribution in [2.45, 2.75) is 13.8 Å². The summed E-state index contributed by atoms with van der Waals surface area (Å²) in [4.78, 5) is 0. The second-order valence-electron chi connectivity index (χ2n) is 4.63. The number of benzene rings is 1. The van der Waals surface area contributed by atoms with Crippen molar-refractivity contribution in [3.63, 3.8) is 0 Å². The predicted molar refractivity (Wildman–Crippen MR) is 94.8 cm³/mol. The smallest absolute Gasteiger partial charge is 0.371 e. The minimum absolute atomic E-state index is 0.0924. The fraction of sp³-hybridized carbons (Fsp3) is 0.353. The summed E-state index contributed by atoms with van der Waals surface area (Å²) in [7, 11) is -0.776. The number of hydrogen-bond acceptors (Lipinski definition) is 7. The van der Waals surface area contributed by atoms with Crippen LogP contribution >= 0.6 is 7.60 Å². The highest BCUT2D eigenvalue weighted by molar-refractivity contribution is 7.58. The van der Waals surface area contributed by atoms with Gasteiger partial charge >= 0.3 is 7.60 Å². The van der Waals surface area contributed by atoms with Gasteiger partial charge in [0.15, 0.2) is 11.5 Å². The molecule has 0 amide bonds. The zero-order valence-electron chi connectivity index (χ0n) is 14.7. The molecule has 0 unspecified atom stereocenters. The molecule has 0 saturated heterocycles. The van der Waals surface area contributed by atoms with Crippen LogP contribution in [-0.4, -0.2) is 32.5 Å². The molecule has 0 spiro atoms. The summed E-state index contributed by atoms with van der Waals surface area (Å²) in [5, 5.41) is 19.1. The van der Waals surface area contributed by atoms with Crippen molar-refractivity contribution in [3.8, 4) is 23.3 Å². The average molecular weight is 367 g/mol. The third-order valence-electron chi connectivity index (χ3n) is 3.05. The molecule has 0 aromatic heterocycles. The number of nitrogens with zero attached hydrogens (tertiary/aromatic N) is 1. The molecule has 0 aliphatic heterocycles. The van der Waals surface area contributed by atoms with Crippen molar-refractivity contribution in [1.82, 2.24) is 0 Å². The van der Waals surface area contributed by atoms with Gasteiger partial charge in [0, 0.05) is 0 Å². The molecule has 1 aromatic rings. The van der Waals surface area contributed by atoms with Crippen molar-refractivity contribution in [2.24, 2.45) is 0 Å². The van der Waals surface area contributed by atoms with E-state index in [2.05, 4.69) is 0 Å². The van der Waals surface area contributed by atoms with Crippen LogP contribution in [-0.2, 0) is 13.6 Å². The molecule has 136 valence electrons. The van der Waals surface area contributed by atoms with E-state index in [1.165, 1.54) is 26.4 Å². The number of methoxy groups -OCH3 is 2. The molecule has 1 rings (SSSR count). The molecule has 0 saturated carbocycles. The summed E-state index contributed by atoms with van der Waals surface area (Å²) < 4.78 is 33.0. The Balaban J connectivity index is 3.17. The summed E-state index contributed by atoms with van der Waals surface area (Å²) in [6.07, 6.45) is 4.55. The number of phenolic OH excluding ortho intramolecular Hbond substituents is 1. The van der Waals surface area contributed by atoms with Crippen molar-refractivity contribution >= 4 is 13.7 Å². The fourth-order valence-corrected chi connectivity index (χ4v) is 3.39. The topological polar surface area (TPSA) is 98.0 Å². The van der Waals surface area contributed by atoms with Gasteiger partial charge in [-0.1, -0.05) is 12.2 Å². The van der Waals surface area contributed by atoms with Crippen LogP contribution in [0.5, 0.6) is 17.2 Å². The van der Waals surface area contributed by atoms with E-state index in [0.717, 1.165) is 0 Å². The molecule has 0 aliphatic carbocycles. The zero-order chi connectivity index (χ0) is 18.9. The van der Waals surface area contributed by atoms with Crippen molar-refractivity contribution < 1.29 is 28.2 Å². The Kier molecular flexibility index (Phi) is 8.23. The molecule has 0 bridgehead atoms. The van der Waals surface area contributed by atoms with Crippen molar-refractivity contribution in [1.29, 1.82) is 5.26 Å². The number of aromatic hydroxyl groups is 1. The predicted octanol–water partition coefficient (Wildman–Crippen LogP) is 4.10. The van der Waals surface area contributed by atoms with Gasteiger partial charge in [0.25, 0.3) is 0 Å². The van der Waals surface area contributed by atoms with Crippen molar-refractivity contribution in [3.05, 3.63) is 35.2 Å². The van der Waals surface area contributed by atoms with Gasteiger partial charge in [0.1, 0.15) is 11.4 Å². The fourth-order valence-electron chi connectivity index (χ4n) is 1.97. The zero-order valence-corrected chi connectivity index (χ0v) is 15.6. The Bertz CT molecular complexity index is 700. The van der Waals surface area contributed by atoms with E-state index in [9.17, 15) is 14.9 Å². The molecule has 0 heterocycles. The monoisotopic (exact) mass is 367 g/mol. The van der Waals surface area contributed by atoms with E-state index >= 15 is 0 Å². The van der Waals surface area contributed by atoms with Gasteiger partial charge in [-0.2, -0.15) is 5.26 Å². The second kappa shape index (κ2) is 9.90. The standard InChI is InChI=1S/C17H22NO6P/c1-5-23-25(20,24-6-2)14(12-18)9-7-8-13-10-15(21-3)17(19)16(11-13)22-4/h7-11,19H,5-6H2,1-4H3/b8-7+,14-9+. The van der Waals surface area contributed by atoms with E-state index in [4.69, 9.17) is 18.5 Å². The van der Waals surface area contributed by atoms with Crippen LogP contribution in [0, 0.1) is 11.3 Å². The maximum absolute atomic E-state index is 12.6. The maximum Gasteiger partial charge on any atom is 0.371 e. The lowest BCUT2D eigenvalue weighted by Crippen LogP contribution is -1.97. The lowest BCUT2D eigenvalue weighted by molar-refractivity contribution is 0.227. The number of nitriles is 1. The Morgan fingerprint density at radius 1 is 1.20 bits per heavy atom. The quantitative estimate of drug-likeness (QED) is 0.399. The summed E-state index contributed by atoms with van der Waals surface area (Å²) in [5.74, 6) is 0.392. The molecule has 0 radical (unpaired) electrons. The summed E-state index contributed by atoms with van der Waals surface area (Å²) >= 11 is 0. The molecule has 1 aromatic carbocycles. The molecule has 7 nitrogen and oxygen atoms in total. The number of rotatable bonds is 9. The highest BCUT2D eigenvalue weighted by Crippen LogP contribution is 2.55. The first-order valence-electron chi connectivity index (χ1n) is 7.58. The van der Waals surface area contributed by atoms with E-state index in [1.54, 1.807) is 32.1 Å². The largest absolute Gasteiger partial charge is 0.502 e. The first-order valence-corrected chi connectivity index (χ1v) is 9.13. The lowest BCUT2D eigenvalue weighted by atomic mass is 10.1. The molecule has 8 heteroatoms. The summed E-state index contributed by atoms with van der Waals surface area (Å²) in [6, 6.07) is 5.05. The van der Waals surface area contributed by atoms with Crippen LogP contribution in [0.1, 0.15) is 19.4 Å². The molecule has 1 N–H and O–H groups in total. The third kappa shape index (κ3) is 5.36. The molecule has 25 heavy (non-hydrogen) atoms. The normalized spacial score (nSPS) is 12.2. The van der Waals surface area contributed by atoms with Crippen LogP contribution in [0.3, 0.4) is 0 Å². The first-order chi connectivity index (χ1) is 11.9. The Hall–Kier alpha value is -2.26. The van der Waals surface area contributed by atoms with Gasteiger partial charge in [-0.15, -0.1) is 0 Å². The maximum atomic E-state index is 12.6. The highest BCUT2D eigenvalue weighted by atomic mass is 31.2. The second-order valence-corrected chi connectivity index (χ2v) is 6.62. The van der Waals surface area contributed by atoms with E-state index in [-0.39, 0.29) is 35.8 Å². The van der Waals surface area contributed by atoms with Crippen LogP contribution in [0.4, 0.5) is 0 Å². The SMILES string of the molecule is CCOP(=O)(OCC)/C(C#N)=C/C=C/c1cc(OC)c(O)c(OC)c1. The highest BCUT2D eigenvalue weighted by Gasteiger charge is 2.29. The molecule has 0 aliphatic rings. The summed E-state index contributed by atoms with van der Waals surface area (Å²) in [6.45, 7) is 3.66. The van der Waals surface area contributed by atoms with Crippen LogP contribution in [0.15, 0.2) is 29.6 Å². The van der Waals surface area contributed by atoms with Gasteiger partial charge in [-0.05, 0) is 37.6 Å². The van der Waals surface area contributed by atoms with Crippen LogP contribution < -0.4 is 9.47 Å². The van der Waals surface area contributed by atoms with Gasteiger partial charge < -0.3 is 23.6 Å². The number of ether oxygens (including phenoxy) is 2. The van der Waals surface area contributed by atoms with Gasteiger partial charge in [0.05, 0.1) is 27.4 Å². The summed E-state index contributed by atoms with van der Waals surface area (Å²) in [5.41, 5.74) is 0.655. The average Bonchev–Trinajstić information content (AvgIpc) is 2.60. The molecule has 0 fully saturated rings. The molecular weight excluding hydrogens is 345 g/mol. The number of hydrogen-bond donors (Lipinski definition) is 1. The molecular formula is C17H22NO6P. The van der Waals surface area contributed by atoms with Gasteiger partial charge in [-0.3, -0.25) is 4.57 Å². The van der Waals surface area contributed by atoms with Crippen molar-refractivity contribution in [2.75, 3.05) is 27.4 Å². The van der Waals surface area contributed by atoms with E-state index < -0.39 is 7.60 Å².